The molecule has 0 radical (unpaired) electrons. The Bertz CT molecular complexity index is 575. The van der Waals surface area contributed by atoms with Crippen molar-refractivity contribution in [1.82, 2.24) is 15.1 Å². The van der Waals surface area contributed by atoms with Gasteiger partial charge < -0.3 is 5.32 Å². The highest BCUT2D eigenvalue weighted by molar-refractivity contribution is 9.10. The summed E-state index contributed by atoms with van der Waals surface area (Å²) in [6, 6.07) is 6.42. The molecular weight excluding hydrogens is 338 g/mol. The molecule has 5 heteroatoms. The summed E-state index contributed by atoms with van der Waals surface area (Å²) < 4.78 is 3.06. The standard InChI is InChI=1S/C15H19BrClN3/c1-4-5-20-15(13(17)9-19-20)14(18-3)11-6-10(2)7-12(16)8-11/h6-9,14,18H,4-5H2,1-3H3. The molecule has 0 aliphatic carbocycles. The van der Waals surface area contributed by atoms with Gasteiger partial charge in [-0.1, -0.05) is 40.5 Å². The van der Waals surface area contributed by atoms with Crippen LogP contribution in [0.2, 0.25) is 5.02 Å². The Hall–Kier alpha value is -0.840. The first-order chi connectivity index (χ1) is 9.56. The number of nitrogens with one attached hydrogen (secondary N) is 1. The van der Waals surface area contributed by atoms with E-state index in [-0.39, 0.29) is 6.04 Å². The predicted octanol–water partition coefficient (Wildman–Crippen LogP) is 4.33. The molecule has 0 bridgehead atoms. The van der Waals surface area contributed by atoms with Gasteiger partial charge in [0.05, 0.1) is 23.0 Å². The first-order valence-electron chi connectivity index (χ1n) is 6.72. The van der Waals surface area contributed by atoms with E-state index in [1.54, 1.807) is 6.20 Å². The van der Waals surface area contributed by atoms with Gasteiger partial charge in [-0.2, -0.15) is 5.10 Å². The van der Waals surface area contributed by atoms with E-state index in [1.165, 1.54) is 11.1 Å². The van der Waals surface area contributed by atoms with E-state index in [0.717, 1.165) is 23.1 Å². The minimum Gasteiger partial charge on any atom is -0.308 e. The van der Waals surface area contributed by atoms with Crippen LogP contribution in [0.15, 0.2) is 28.9 Å². The molecule has 1 atom stereocenters. The molecule has 108 valence electrons. The number of halogens is 2. The normalized spacial score (nSPS) is 12.7. The van der Waals surface area contributed by atoms with E-state index in [2.05, 4.69) is 58.4 Å². The second kappa shape index (κ2) is 6.74. The van der Waals surface area contributed by atoms with Crippen LogP contribution in [0.3, 0.4) is 0 Å². The minimum atomic E-state index is 0.0350. The van der Waals surface area contributed by atoms with Crippen molar-refractivity contribution in [3.8, 4) is 0 Å². The van der Waals surface area contributed by atoms with Gasteiger partial charge >= 0.3 is 0 Å². The predicted molar refractivity (Wildman–Crippen MR) is 87.3 cm³/mol. The van der Waals surface area contributed by atoms with Crippen LogP contribution in [-0.2, 0) is 6.54 Å². The number of hydrogen-bond donors (Lipinski definition) is 1. The van der Waals surface area contributed by atoms with Gasteiger partial charge in [-0.25, -0.2) is 0 Å². The molecule has 0 saturated carbocycles. The lowest BCUT2D eigenvalue weighted by Crippen LogP contribution is -2.22. The number of hydrogen-bond acceptors (Lipinski definition) is 2. The van der Waals surface area contributed by atoms with E-state index in [4.69, 9.17) is 11.6 Å². The molecule has 1 unspecified atom stereocenters. The molecule has 0 spiro atoms. The van der Waals surface area contributed by atoms with Crippen LogP contribution in [0.4, 0.5) is 0 Å². The summed E-state index contributed by atoms with van der Waals surface area (Å²) in [6.45, 7) is 5.09. The zero-order chi connectivity index (χ0) is 14.7. The fraction of sp³-hybridized carbons (Fsp3) is 0.400. The molecule has 0 aliphatic rings. The Morgan fingerprint density at radius 2 is 2.15 bits per heavy atom. The van der Waals surface area contributed by atoms with Crippen molar-refractivity contribution < 1.29 is 0 Å². The molecule has 2 rings (SSSR count). The monoisotopic (exact) mass is 355 g/mol. The molecule has 1 aromatic heterocycles. The highest BCUT2D eigenvalue weighted by Crippen LogP contribution is 2.30. The Kier molecular flexibility index (Phi) is 5.24. The van der Waals surface area contributed by atoms with Crippen LogP contribution in [0.25, 0.3) is 0 Å². The molecule has 0 aliphatic heterocycles. The van der Waals surface area contributed by atoms with Gasteiger partial charge in [-0.15, -0.1) is 0 Å². The summed E-state index contributed by atoms with van der Waals surface area (Å²) in [5.41, 5.74) is 3.42. The fourth-order valence-electron chi connectivity index (χ4n) is 2.44. The minimum absolute atomic E-state index is 0.0350. The SMILES string of the molecule is CCCn1ncc(Cl)c1C(NC)c1cc(C)cc(Br)c1. The van der Waals surface area contributed by atoms with Crippen molar-refractivity contribution in [2.45, 2.75) is 32.9 Å². The summed E-state index contributed by atoms with van der Waals surface area (Å²) in [6.07, 6.45) is 2.75. The van der Waals surface area contributed by atoms with Gasteiger partial charge in [0, 0.05) is 11.0 Å². The van der Waals surface area contributed by atoms with Crippen LogP contribution < -0.4 is 5.32 Å². The molecule has 0 amide bonds. The summed E-state index contributed by atoms with van der Waals surface area (Å²) in [7, 11) is 1.94. The molecule has 3 nitrogen and oxygen atoms in total. The molecule has 1 N–H and O–H groups in total. The van der Waals surface area contributed by atoms with Gasteiger partial charge in [0.2, 0.25) is 0 Å². The Balaban J connectivity index is 2.49. The maximum absolute atomic E-state index is 6.35. The van der Waals surface area contributed by atoms with Crippen molar-refractivity contribution in [1.29, 1.82) is 0 Å². The van der Waals surface area contributed by atoms with Gasteiger partial charge in [0.15, 0.2) is 0 Å². The largest absolute Gasteiger partial charge is 0.308 e. The molecular formula is C15H19BrClN3. The van der Waals surface area contributed by atoms with E-state index >= 15 is 0 Å². The zero-order valence-corrected chi connectivity index (χ0v) is 14.3. The first kappa shape index (κ1) is 15.5. The topological polar surface area (TPSA) is 29.9 Å². The fourth-order valence-corrected chi connectivity index (χ4v) is 3.32. The number of rotatable bonds is 5. The second-order valence-corrected chi connectivity index (χ2v) is 6.21. The average molecular weight is 357 g/mol. The Morgan fingerprint density at radius 3 is 2.75 bits per heavy atom. The number of aromatic nitrogens is 2. The van der Waals surface area contributed by atoms with Gasteiger partial charge in [0.25, 0.3) is 0 Å². The quantitative estimate of drug-likeness (QED) is 0.864. The maximum Gasteiger partial charge on any atom is 0.0837 e. The van der Waals surface area contributed by atoms with Crippen molar-refractivity contribution in [2.24, 2.45) is 0 Å². The molecule has 2 aromatic rings. The van der Waals surface area contributed by atoms with Crippen LogP contribution in [0.5, 0.6) is 0 Å². The summed E-state index contributed by atoms with van der Waals surface area (Å²) >= 11 is 9.91. The van der Waals surface area contributed by atoms with Crippen LogP contribution in [0.1, 0.15) is 36.2 Å². The van der Waals surface area contributed by atoms with Crippen LogP contribution in [0, 0.1) is 6.92 Å². The second-order valence-electron chi connectivity index (χ2n) is 4.88. The summed E-state index contributed by atoms with van der Waals surface area (Å²) in [5, 5.41) is 8.43. The first-order valence-corrected chi connectivity index (χ1v) is 7.89. The van der Waals surface area contributed by atoms with E-state index < -0.39 is 0 Å². The van der Waals surface area contributed by atoms with Crippen molar-refractivity contribution in [3.63, 3.8) is 0 Å². The van der Waals surface area contributed by atoms with Crippen molar-refractivity contribution in [2.75, 3.05) is 7.05 Å². The van der Waals surface area contributed by atoms with E-state index in [0.29, 0.717) is 5.02 Å². The summed E-state index contributed by atoms with van der Waals surface area (Å²) in [5.74, 6) is 0. The third-order valence-electron chi connectivity index (χ3n) is 3.23. The van der Waals surface area contributed by atoms with Gasteiger partial charge in [-0.05, 0) is 43.7 Å². The number of benzene rings is 1. The molecule has 1 aromatic carbocycles. The number of nitrogens with zero attached hydrogens (tertiary/aromatic N) is 2. The van der Waals surface area contributed by atoms with E-state index in [1.807, 2.05) is 11.7 Å². The Labute approximate surface area is 133 Å². The molecule has 20 heavy (non-hydrogen) atoms. The van der Waals surface area contributed by atoms with E-state index in [9.17, 15) is 0 Å². The third kappa shape index (κ3) is 3.25. The third-order valence-corrected chi connectivity index (χ3v) is 3.98. The van der Waals surface area contributed by atoms with Crippen molar-refractivity contribution in [3.05, 3.63) is 50.7 Å². The van der Waals surface area contributed by atoms with Crippen molar-refractivity contribution >= 4 is 27.5 Å². The highest BCUT2D eigenvalue weighted by atomic mass is 79.9. The zero-order valence-electron chi connectivity index (χ0n) is 12.0. The maximum atomic E-state index is 6.35. The van der Waals surface area contributed by atoms with Gasteiger partial charge in [-0.3, -0.25) is 4.68 Å². The average Bonchev–Trinajstić information content (AvgIpc) is 2.72. The van der Waals surface area contributed by atoms with Crippen LogP contribution >= 0.6 is 27.5 Å². The lowest BCUT2D eigenvalue weighted by atomic mass is 10.0. The van der Waals surface area contributed by atoms with Crippen LogP contribution in [-0.4, -0.2) is 16.8 Å². The smallest absolute Gasteiger partial charge is 0.0837 e. The number of aryl methyl sites for hydroxylation is 2. The van der Waals surface area contributed by atoms with Gasteiger partial charge in [0.1, 0.15) is 0 Å². The lowest BCUT2D eigenvalue weighted by Gasteiger charge is -2.20. The summed E-state index contributed by atoms with van der Waals surface area (Å²) in [4.78, 5) is 0. The molecule has 0 fully saturated rings. The Morgan fingerprint density at radius 1 is 1.40 bits per heavy atom. The molecule has 1 heterocycles. The lowest BCUT2D eigenvalue weighted by molar-refractivity contribution is 0.534. The highest BCUT2D eigenvalue weighted by Gasteiger charge is 2.21. The molecule has 0 saturated heterocycles.